The van der Waals surface area contributed by atoms with Crippen LogP contribution in [0.25, 0.3) is 0 Å². The number of halogens is 3. The van der Waals surface area contributed by atoms with Crippen LogP contribution in [-0.4, -0.2) is 0 Å². The first-order valence-corrected chi connectivity index (χ1v) is 7.69. The van der Waals surface area contributed by atoms with Crippen molar-refractivity contribution in [2.75, 3.05) is 0 Å². The largest absolute Gasteiger partial charge is 0.132 e. The molecule has 0 aliphatic rings. The van der Waals surface area contributed by atoms with Crippen LogP contribution >= 0.6 is 54.8 Å². The first kappa shape index (κ1) is 12.6. The number of rotatable bonds is 3. The highest BCUT2D eigenvalue weighted by atomic mass is 79.9. The molecule has 16 heavy (non-hydrogen) atoms. The van der Waals surface area contributed by atoms with Gasteiger partial charge in [-0.3, -0.25) is 0 Å². The fourth-order valence-corrected chi connectivity index (χ4v) is 3.89. The van der Waals surface area contributed by atoms with Crippen LogP contribution in [0.1, 0.15) is 15.3 Å². The van der Waals surface area contributed by atoms with Gasteiger partial charge in [0.25, 0.3) is 0 Å². The lowest BCUT2D eigenvalue weighted by atomic mass is 10.1. The zero-order chi connectivity index (χ0) is 11.5. The lowest BCUT2D eigenvalue weighted by Crippen LogP contribution is -1.92. The Morgan fingerprint density at radius 2 is 2.06 bits per heavy atom. The fraction of sp³-hybridized carbons (Fsp3) is 0.167. The molecule has 0 aliphatic carbocycles. The van der Waals surface area contributed by atoms with Crippen molar-refractivity contribution >= 4 is 54.8 Å². The number of hydrogen-bond acceptors (Lipinski definition) is 1. The van der Waals surface area contributed by atoms with Crippen LogP contribution in [0, 0.1) is 0 Å². The third-order valence-corrected chi connectivity index (χ3v) is 5.30. The van der Waals surface area contributed by atoms with Crippen molar-refractivity contribution in [3.63, 3.8) is 0 Å². The normalized spacial score (nSPS) is 12.7. The summed E-state index contributed by atoms with van der Waals surface area (Å²) in [5, 5.41) is 0.796. The summed E-state index contributed by atoms with van der Waals surface area (Å²) in [6, 6.07) is 12.2. The number of hydrogen-bond donors (Lipinski definition) is 0. The lowest BCUT2D eigenvalue weighted by molar-refractivity contribution is 0.970. The summed E-state index contributed by atoms with van der Waals surface area (Å²) in [5.41, 5.74) is 1.25. The van der Waals surface area contributed by atoms with Crippen LogP contribution in [0.5, 0.6) is 0 Å². The molecule has 0 nitrogen and oxygen atoms in total. The van der Waals surface area contributed by atoms with E-state index >= 15 is 0 Å². The van der Waals surface area contributed by atoms with Crippen molar-refractivity contribution in [2.45, 2.75) is 11.2 Å². The van der Waals surface area contributed by atoms with E-state index in [4.69, 9.17) is 11.6 Å². The third-order valence-electron chi connectivity index (χ3n) is 2.21. The second kappa shape index (κ2) is 5.67. The minimum Gasteiger partial charge on any atom is -0.132 e. The van der Waals surface area contributed by atoms with Gasteiger partial charge < -0.3 is 0 Å². The summed E-state index contributed by atoms with van der Waals surface area (Å²) in [5.74, 6) is 0. The van der Waals surface area contributed by atoms with Crippen LogP contribution < -0.4 is 0 Å². The van der Waals surface area contributed by atoms with Gasteiger partial charge in [-0.1, -0.05) is 39.7 Å². The van der Waals surface area contributed by atoms with E-state index in [1.54, 1.807) is 11.3 Å². The third kappa shape index (κ3) is 3.33. The Morgan fingerprint density at radius 3 is 2.69 bits per heavy atom. The van der Waals surface area contributed by atoms with E-state index in [9.17, 15) is 0 Å². The van der Waals surface area contributed by atoms with Gasteiger partial charge in [0.2, 0.25) is 0 Å². The lowest BCUT2D eigenvalue weighted by Gasteiger charge is -2.07. The van der Waals surface area contributed by atoms with Crippen molar-refractivity contribution in [3.05, 3.63) is 55.6 Å². The van der Waals surface area contributed by atoms with Crippen LogP contribution in [0.4, 0.5) is 0 Å². The molecule has 2 rings (SSSR count). The Labute approximate surface area is 121 Å². The van der Waals surface area contributed by atoms with E-state index in [0.717, 1.165) is 15.2 Å². The van der Waals surface area contributed by atoms with Gasteiger partial charge in [0.15, 0.2) is 0 Å². The van der Waals surface area contributed by atoms with Crippen molar-refractivity contribution in [3.8, 4) is 0 Å². The zero-order valence-corrected chi connectivity index (χ0v) is 13.0. The molecule has 0 radical (unpaired) electrons. The fourth-order valence-electron chi connectivity index (χ4n) is 1.47. The van der Waals surface area contributed by atoms with Gasteiger partial charge in [-0.15, -0.1) is 11.3 Å². The second-order valence-corrected chi connectivity index (χ2v) is 7.48. The van der Waals surface area contributed by atoms with Crippen LogP contribution in [0.3, 0.4) is 0 Å². The quantitative estimate of drug-likeness (QED) is 0.587. The molecule has 0 saturated carbocycles. The average molecular weight is 381 g/mol. The molecular formula is C12H9Br2ClS. The zero-order valence-electron chi connectivity index (χ0n) is 8.29. The van der Waals surface area contributed by atoms with Gasteiger partial charge in [0.05, 0.1) is 8.61 Å². The molecule has 1 atom stereocenters. The van der Waals surface area contributed by atoms with E-state index in [1.807, 2.05) is 18.2 Å². The molecule has 0 aliphatic heterocycles. The van der Waals surface area contributed by atoms with Gasteiger partial charge in [-0.05, 0) is 52.2 Å². The maximum absolute atomic E-state index is 5.96. The van der Waals surface area contributed by atoms with Gasteiger partial charge in [-0.2, -0.15) is 0 Å². The molecule has 0 bridgehead atoms. The first-order chi connectivity index (χ1) is 7.65. The van der Waals surface area contributed by atoms with E-state index in [1.165, 1.54) is 10.4 Å². The van der Waals surface area contributed by atoms with Crippen LogP contribution in [0.2, 0.25) is 5.02 Å². The molecule has 0 N–H and O–H groups in total. The highest BCUT2D eigenvalue weighted by Gasteiger charge is 2.10. The summed E-state index contributed by atoms with van der Waals surface area (Å²) >= 11 is 14.9. The molecule has 1 aromatic carbocycles. The highest BCUT2D eigenvalue weighted by Crippen LogP contribution is 2.34. The number of benzene rings is 1. The Morgan fingerprint density at radius 1 is 1.25 bits per heavy atom. The maximum atomic E-state index is 5.96. The Hall–Kier alpha value is 0.170. The molecule has 2 aromatic rings. The molecule has 84 valence electrons. The van der Waals surface area contributed by atoms with Gasteiger partial charge in [0.1, 0.15) is 0 Å². The molecular weight excluding hydrogens is 371 g/mol. The molecule has 1 unspecified atom stereocenters. The Balaban J connectivity index is 2.10. The molecule has 0 fully saturated rings. The molecule has 0 amide bonds. The van der Waals surface area contributed by atoms with Crippen molar-refractivity contribution in [1.82, 2.24) is 0 Å². The smallest absolute Gasteiger partial charge is 0.0701 e. The van der Waals surface area contributed by atoms with E-state index in [0.29, 0.717) is 4.83 Å². The summed E-state index contributed by atoms with van der Waals surface area (Å²) in [6.45, 7) is 0. The van der Waals surface area contributed by atoms with Crippen LogP contribution in [-0.2, 0) is 6.42 Å². The van der Waals surface area contributed by atoms with E-state index in [2.05, 4.69) is 50.1 Å². The number of thiophene rings is 1. The van der Waals surface area contributed by atoms with Crippen molar-refractivity contribution in [1.29, 1.82) is 0 Å². The predicted molar refractivity (Wildman–Crippen MR) is 78.8 cm³/mol. The monoisotopic (exact) mass is 378 g/mol. The Bertz CT molecular complexity index is 481. The molecule has 1 aromatic heterocycles. The van der Waals surface area contributed by atoms with Crippen molar-refractivity contribution < 1.29 is 0 Å². The van der Waals surface area contributed by atoms with E-state index in [-0.39, 0.29) is 0 Å². The summed E-state index contributed by atoms with van der Waals surface area (Å²) in [7, 11) is 0. The van der Waals surface area contributed by atoms with Gasteiger partial charge >= 0.3 is 0 Å². The topological polar surface area (TPSA) is 0 Å². The summed E-state index contributed by atoms with van der Waals surface area (Å²) < 4.78 is 1.16. The van der Waals surface area contributed by atoms with Gasteiger partial charge in [0, 0.05) is 9.90 Å². The summed E-state index contributed by atoms with van der Waals surface area (Å²) in [6.07, 6.45) is 0.952. The molecule has 4 heteroatoms. The minimum absolute atomic E-state index is 0.349. The standard InChI is InChI=1S/C12H9Br2ClS/c13-10(11-4-5-12(14)16-11)7-8-2-1-3-9(15)6-8/h1-6,10H,7H2. The minimum atomic E-state index is 0.349. The summed E-state index contributed by atoms with van der Waals surface area (Å²) in [4.78, 5) is 1.68. The second-order valence-electron chi connectivity index (χ2n) is 3.44. The van der Waals surface area contributed by atoms with Crippen LogP contribution in [0.15, 0.2) is 40.2 Å². The Kier molecular flexibility index (Phi) is 4.48. The van der Waals surface area contributed by atoms with Gasteiger partial charge in [-0.25, -0.2) is 0 Å². The SMILES string of the molecule is Clc1cccc(CC(Br)c2ccc(Br)s2)c1. The number of alkyl halides is 1. The molecule has 0 spiro atoms. The molecule has 0 saturated heterocycles. The average Bonchev–Trinajstić information content (AvgIpc) is 2.65. The highest BCUT2D eigenvalue weighted by molar-refractivity contribution is 9.11. The predicted octanol–water partition coefficient (Wildman–Crippen LogP) is 5.84. The molecule has 1 heterocycles. The van der Waals surface area contributed by atoms with Crippen molar-refractivity contribution in [2.24, 2.45) is 0 Å². The maximum Gasteiger partial charge on any atom is 0.0701 e. The van der Waals surface area contributed by atoms with E-state index < -0.39 is 0 Å². The first-order valence-electron chi connectivity index (χ1n) is 4.79.